The molecule has 0 aliphatic carbocycles. The van der Waals surface area contributed by atoms with Crippen LogP contribution in [0.1, 0.15) is 12.8 Å². The lowest BCUT2D eigenvalue weighted by atomic mass is 10.3. The van der Waals surface area contributed by atoms with E-state index < -0.39 is 6.10 Å². The monoisotopic (exact) mass is 246 g/mol. The molecule has 5 heteroatoms. The minimum Gasteiger partial charge on any atom is -0.437 e. The Morgan fingerprint density at radius 2 is 2.33 bits per heavy atom. The maximum Gasteiger partial charge on any atom is 0.244 e. The quantitative estimate of drug-likeness (QED) is 0.798. The number of aromatic nitrogens is 1. The molecule has 2 rings (SSSR count). The Hall–Kier alpha value is -2.14. The fraction of sp³-hybridized carbons (Fsp3) is 0.231. The van der Waals surface area contributed by atoms with Gasteiger partial charge in [-0.15, -0.1) is 0 Å². The first kappa shape index (κ1) is 12.3. The Morgan fingerprint density at radius 1 is 1.56 bits per heavy atom. The summed E-state index contributed by atoms with van der Waals surface area (Å²) in [4.78, 5) is 15.6. The summed E-state index contributed by atoms with van der Waals surface area (Å²) in [5, 5.41) is 11.6. The van der Waals surface area contributed by atoms with Gasteiger partial charge in [-0.1, -0.05) is 12.1 Å². The van der Waals surface area contributed by atoms with Crippen molar-refractivity contribution in [2.45, 2.75) is 13.0 Å². The Kier molecular flexibility index (Phi) is 3.74. The highest BCUT2D eigenvalue weighted by Crippen LogP contribution is 2.15. The highest BCUT2D eigenvalue weighted by Gasteiger charge is 2.02. The van der Waals surface area contributed by atoms with Crippen molar-refractivity contribution in [2.75, 3.05) is 6.54 Å². The van der Waals surface area contributed by atoms with Crippen LogP contribution < -0.4 is 5.32 Å². The first-order valence-electron chi connectivity index (χ1n) is 5.64. The van der Waals surface area contributed by atoms with Gasteiger partial charge in [0.15, 0.2) is 5.58 Å². The number of benzene rings is 1. The topological polar surface area (TPSA) is 75.4 Å². The number of nitrogens with one attached hydrogen (secondary N) is 1. The summed E-state index contributed by atoms with van der Waals surface area (Å²) in [6.07, 6.45) is 2.26. The third kappa shape index (κ3) is 3.18. The van der Waals surface area contributed by atoms with Crippen LogP contribution >= 0.6 is 0 Å². The van der Waals surface area contributed by atoms with Crippen molar-refractivity contribution in [1.29, 1.82) is 0 Å². The molecule has 5 nitrogen and oxygen atoms in total. The number of aliphatic hydroxyl groups excluding tert-OH is 1. The lowest BCUT2D eigenvalue weighted by molar-refractivity contribution is -0.116. The number of hydrogen-bond acceptors (Lipinski definition) is 4. The van der Waals surface area contributed by atoms with Crippen molar-refractivity contribution in [3.05, 3.63) is 36.2 Å². The molecule has 1 atom stereocenters. The van der Waals surface area contributed by atoms with Crippen LogP contribution in [0, 0.1) is 0 Å². The number of amides is 1. The predicted octanol–water partition coefficient (Wildman–Crippen LogP) is 1.34. The summed E-state index contributed by atoms with van der Waals surface area (Å²) < 4.78 is 5.42. The number of rotatable bonds is 4. The van der Waals surface area contributed by atoms with Crippen LogP contribution in [-0.2, 0) is 4.79 Å². The second-order valence-electron chi connectivity index (χ2n) is 3.95. The SMILES string of the molecule is CC(O)CNC(=O)/C=C/c1nc2ccccc2o1. The lowest BCUT2D eigenvalue weighted by Crippen LogP contribution is -2.28. The zero-order valence-electron chi connectivity index (χ0n) is 9.96. The Balaban J connectivity index is 2.02. The van der Waals surface area contributed by atoms with Crippen molar-refractivity contribution in [3.63, 3.8) is 0 Å². The van der Waals surface area contributed by atoms with Crippen LogP contribution in [0.4, 0.5) is 0 Å². The fourth-order valence-corrected chi connectivity index (χ4v) is 1.42. The predicted molar refractivity (Wildman–Crippen MR) is 67.7 cm³/mol. The van der Waals surface area contributed by atoms with Crippen molar-refractivity contribution in [2.24, 2.45) is 0 Å². The van der Waals surface area contributed by atoms with Crippen LogP contribution in [0.15, 0.2) is 34.8 Å². The maximum atomic E-state index is 11.4. The Morgan fingerprint density at radius 3 is 3.06 bits per heavy atom. The largest absolute Gasteiger partial charge is 0.437 e. The van der Waals surface area contributed by atoms with Gasteiger partial charge < -0.3 is 14.8 Å². The minimum absolute atomic E-state index is 0.219. The van der Waals surface area contributed by atoms with Gasteiger partial charge >= 0.3 is 0 Å². The van der Waals surface area contributed by atoms with E-state index >= 15 is 0 Å². The molecule has 94 valence electrons. The molecule has 0 aliphatic heterocycles. The number of para-hydroxylation sites is 2. The average Bonchev–Trinajstić information content (AvgIpc) is 2.76. The molecular weight excluding hydrogens is 232 g/mol. The van der Waals surface area contributed by atoms with Gasteiger partial charge in [0, 0.05) is 18.7 Å². The minimum atomic E-state index is -0.563. The summed E-state index contributed by atoms with van der Waals surface area (Å²) in [7, 11) is 0. The van der Waals surface area contributed by atoms with Gasteiger partial charge in [-0.2, -0.15) is 0 Å². The first-order chi connectivity index (χ1) is 8.65. The molecule has 18 heavy (non-hydrogen) atoms. The number of carbonyl (C=O) groups excluding carboxylic acids is 1. The number of hydrogen-bond donors (Lipinski definition) is 2. The van der Waals surface area contributed by atoms with E-state index in [2.05, 4.69) is 10.3 Å². The smallest absolute Gasteiger partial charge is 0.244 e. The number of oxazole rings is 1. The van der Waals surface area contributed by atoms with Crippen molar-refractivity contribution >= 4 is 23.1 Å². The molecule has 1 amide bonds. The van der Waals surface area contributed by atoms with E-state index in [-0.39, 0.29) is 12.5 Å². The van der Waals surface area contributed by atoms with E-state index in [4.69, 9.17) is 9.52 Å². The molecule has 0 bridgehead atoms. The van der Waals surface area contributed by atoms with Gasteiger partial charge in [-0.25, -0.2) is 4.98 Å². The highest BCUT2D eigenvalue weighted by atomic mass is 16.3. The van der Waals surface area contributed by atoms with Gasteiger partial charge in [-0.3, -0.25) is 4.79 Å². The van der Waals surface area contributed by atoms with Gasteiger partial charge in [-0.05, 0) is 19.1 Å². The molecule has 1 unspecified atom stereocenters. The number of carbonyl (C=O) groups is 1. The van der Waals surface area contributed by atoms with E-state index in [1.165, 1.54) is 12.2 Å². The third-order valence-corrected chi connectivity index (χ3v) is 2.26. The summed E-state index contributed by atoms with van der Waals surface area (Å²) in [5.41, 5.74) is 1.43. The molecule has 2 aromatic rings. The molecule has 0 saturated carbocycles. The second kappa shape index (κ2) is 5.46. The summed E-state index contributed by atoms with van der Waals surface area (Å²) in [5.74, 6) is 0.0848. The standard InChI is InChI=1S/C13H14N2O3/c1-9(16)8-14-12(17)6-7-13-15-10-4-2-3-5-11(10)18-13/h2-7,9,16H,8H2,1H3,(H,14,17)/b7-6+. The molecule has 1 aromatic heterocycles. The molecule has 1 aromatic carbocycles. The van der Waals surface area contributed by atoms with Crippen molar-refractivity contribution < 1.29 is 14.3 Å². The van der Waals surface area contributed by atoms with Crippen LogP contribution in [0.2, 0.25) is 0 Å². The fourth-order valence-electron chi connectivity index (χ4n) is 1.42. The first-order valence-corrected chi connectivity index (χ1v) is 5.64. The molecule has 0 saturated heterocycles. The molecule has 0 fully saturated rings. The van der Waals surface area contributed by atoms with E-state index in [1.807, 2.05) is 24.3 Å². The van der Waals surface area contributed by atoms with E-state index in [0.29, 0.717) is 11.5 Å². The molecule has 0 radical (unpaired) electrons. The van der Waals surface area contributed by atoms with Crippen LogP contribution in [0.25, 0.3) is 17.2 Å². The number of aliphatic hydroxyl groups is 1. The average molecular weight is 246 g/mol. The molecule has 2 N–H and O–H groups in total. The molecular formula is C13H14N2O3. The van der Waals surface area contributed by atoms with Crippen LogP contribution in [0.3, 0.4) is 0 Å². The van der Waals surface area contributed by atoms with Gasteiger partial charge in [0.2, 0.25) is 11.8 Å². The highest BCUT2D eigenvalue weighted by molar-refractivity contribution is 5.91. The van der Waals surface area contributed by atoms with E-state index in [1.54, 1.807) is 6.92 Å². The van der Waals surface area contributed by atoms with Gasteiger partial charge in [0.05, 0.1) is 6.10 Å². The number of nitrogens with zero attached hydrogens (tertiary/aromatic N) is 1. The third-order valence-electron chi connectivity index (χ3n) is 2.26. The van der Waals surface area contributed by atoms with E-state index in [0.717, 1.165) is 5.52 Å². The molecule has 0 aliphatic rings. The van der Waals surface area contributed by atoms with Gasteiger partial charge in [0.25, 0.3) is 0 Å². The van der Waals surface area contributed by atoms with Crippen LogP contribution in [-0.4, -0.2) is 28.6 Å². The molecule has 0 spiro atoms. The van der Waals surface area contributed by atoms with Crippen molar-refractivity contribution in [1.82, 2.24) is 10.3 Å². The zero-order chi connectivity index (χ0) is 13.0. The summed E-state index contributed by atoms with van der Waals surface area (Å²) in [6.45, 7) is 1.82. The normalized spacial score (nSPS) is 13.0. The second-order valence-corrected chi connectivity index (χ2v) is 3.95. The molecule has 1 heterocycles. The summed E-state index contributed by atoms with van der Waals surface area (Å²) >= 11 is 0. The number of fused-ring (bicyclic) bond motifs is 1. The Labute approximate surface area is 104 Å². The van der Waals surface area contributed by atoms with Gasteiger partial charge in [0.1, 0.15) is 5.52 Å². The van der Waals surface area contributed by atoms with Crippen LogP contribution in [0.5, 0.6) is 0 Å². The summed E-state index contributed by atoms with van der Waals surface area (Å²) in [6, 6.07) is 7.38. The van der Waals surface area contributed by atoms with E-state index in [9.17, 15) is 4.79 Å². The lowest BCUT2D eigenvalue weighted by Gasteiger charge is -2.03. The van der Waals surface area contributed by atoms with Crippen molar-refractivity contribution in [3.8, 4) is 0 Å². The maximum absolute atomic E-state index is 11.4. The Bertz CT molecular complexity index is 539. The zero-order valence-corrected chi connectivity index (χ0v) is 9.96.